The monoisotopic (exact) mass is 283 g/mol. The molecule has 19 heavy (non-hydrogen) atoms. The molecule has 1 aliphatic rings. The molecule has 1 aromatic carbocycles. The van der Waals surface area contributed by atoms with Crippen LogP contribution in [0.15, 0.2) is 24.3 Å². The molecule has 0 aliphatic carbocycles. The standard InChI is InChI=1S/C15H22ClNO2/c16-13-4-3-6-15(12-13)19-11-10-18-9-7-14-5-1-2-8-17-14/h3-4,6,12,14,17H,1-2,5,7-11H2. The molecular weight excluding hydrogens is 262 g/mol. The van der Waals surface area contributed by atoms with Gasteiger partial charge >= 0.3 is 0 Å². The first-order valence-electron chi connectivity index (χ1n) is 7.04. The number of hydrogen-bond acceptors (Lipinski definition) is 3. The predicted molar refractivity (Wildman–Crippen MR) is 78.0 cm³/mol. The van der Waals surface area contributed by atoms with Crippen molar-refractivity contribution in [2.45, 2.75) is 31.7 Å². The number of benzene rings is 1. The molecule has 0 amide bonds. The third kappa shape index (κ3) is 5.81. The zero-order valence-electron chi connectivity index (χ0n) is 11.2. The maximum atomic E-state index is 5.88. The molecule has 0 bridgehead atoms. The van der Waals surface area contributed by atoms with Crippen LogP contribution in [0.2, 0.25) is 5.02 Å². The van der Waals surface area contributed by atoms with E-state index in [4.69, 9.17) is 21.1 Å². The molecule has 1 aliphatic heterocycles. The quantitative estimate of drug-likeness (QED) is 0.779. The average Bonchev–Trinajstić information content (AvgIpc) is 2.44. The Morgan fingerprint density at radius 1 is 1.21 bits per heavy atom. The van der Waals surface area contributed by atoms with Gasteiger partial charge in [0.25, 0.3) is 0 Å². The number of rotatable bonds is 7. The van der Waals surface area contributed by atoms with Crippen LogP contribution in [0.25, 0.3) is 0 Å². The Balaban J connectivity index is 1.50. The highest BCUT2D eigenvalue weighted by molar-refractivity contribution is 6.30. The second-order valence-corrected chi connectivity index (χ2v) is 5.29. The van der Waals surface area contributed by atoms with Gasteiger partial charge in [0.15, 0.2) is 0 Å². The lowest BCUT2D eigenvalue weighted by Gasteiger charge is -2.23. The fourth-order valence-corrected chi connectivity index (χ4v) is 2.45. The Hall–Kier alpha value is -0.770. The topological polar surface area (TPSA) is 30.5 Å². The summed E-state index contributed by atoms with van der Waals surface area (Å²) in [7, 11) is 0. The van der Waals surface area contributed by atoms with Gasteiger partial charge in [-0.05, 0) is 44.0 Å². The Bertz CT molecular complexity index is 367. The van der Waals surface area contributed by atoms with Gasteiger partial charge < -0.3 is 14.8 Å². The minimum absolute atomic E-state index is 0.568. The van der Waals surface area contributed by atoms with Crippen molar-refractivity contribution in [3.63, 3.8) is 0 Å². The largest absolute Gasteiger partial charge is 0.491 e. The van der Waals surface area contributed by atoms with Crippen LogP contribution in [0.5, 0.6) is 5.75 Å². The van der Waals surface area contributed by atoms with Crippen LogP contribution >= 0.6 is 11.6 Å². The normalized spacial score (nSPS) is 19.3. The highest BCUT2D eigenvalue weighted by Gasteiger charge is 2.11. The molecule has 1 aromatic rings. The van der Waals surface area contributed by atoms with Gasteiger partial charge in [-0.25, -0.2) is 0 Å². The molecule has 1 fully saturated rings. The zero-order valence-corrected chi connectivity index (χ0v) is 12.0. The first kappa shape index (κ1) is 14.6. The number of hydrogen-bond donors (Lipinski definition) is 1. The van der Waals surface area contributed by atoms with E-state index in [1.165, 1.54) is 19.3 Å². The lowest BCUT2D eigenvalue weighted by Crippen LogP contribution is -2.34. The summed E-state index contributed by atoms with van der Waals surface area (Å²) in [5.74, 6) is 0.796. The summed E-state index contributed by atoms with van der Waals surface area (Å²) in [6.45, 7) is 3.15. The second-order valence-electron chi connectivity index (χ2n) is 4.85. The fourth-order valence-electron chi connectivity index (χ4n) is 2.27. The van der Waals surface area contributed by atoms with Gasteiger partial charge in [-0.3, -0.25) is 0 Å². The van der Waals surface area contributed by atoms with E-state index in [0.717, 1.165) is 25.3 Å². The van der Waals surface area contributed by atoms with Crippen molar-refractivity contribution < 1.29 is 9.47 Å². The van der Waals surface area contributed by atoms with Crippen molar-refractivity contribution in [3.05, 3.63) is 29.3 Å². The van der Waals surface area contributed by atoms with Gasteiger partial charge in [-0.1, -0.05) is 24.1 Å². The second kappa shape index (κ2) is 8.41. The molecule has 1 unspecified atom stereocenters. The third-order valence-electron chi connectivity index (χ3n) is 3.32. The smallest absolute Gasteiger partial charge is 0.120 e. The van der Waals surface area contributed by atoms with Gasteiger partial charge in [0, 0.05) is 17.7 Å². The molecule has 0 radical (unpaired) electrons. The van der Waals surface area contributed by atoms with E-state index in [2.05, 4.69) is 5.32 Å². The van der Waals surface area contributed by atoms with Crippen LogP contribution < -0.4 is 10.1 Å². The van der Waals surface area contributed by atoms with Gasteiger partial charge in [-0.2, -0.15) is 0 Å². The van der Waals surface area contributed by atoms with Crippen molar-refractivity contribution in [1.82, 2.24) is 5.32 Å². The van der Waals surface area contributed by atoms with Crippen LogP contribution in [-0.4, -0.2) is 32.4 Å². The van der Waals surface area contributed by atoms with Crippen LogP contribution in [0, 0.1) is 0 Å². The minimum atomic E-state index is 0.568. The Morgan fingerprint density at radius 2 is 2.16 bits per heavy atom. The van der Waals surface area contributed by atoms with E-state index in [-0.39, 0.29) is 0 Å². The summed E-state index contributed by atoms with van der Waals surface area (Å²) < 4.78 is 11.1. The van der Waals surface area contributed by atoms with E-state index in [0.29, 0.717) is 24.3 Å². The summed E-state index contributed by atoms with van der Waals surface area (Å²) in [6, 6.07) is 8.07. The fraction of sp³-hybridized carbons (Fsp3) is 0.600. The van der Waals surface area contributed by atoms with Gasteiger partial charge in [-0.15, -0.1) is 0 Å². The van der Waals surface area contributed by atoms with Crippen molar-refractivity contribution in [3.8, 4) is 5.75 Å². The first-order valence-corrected chi connectivity index (χ1v) is 7.42. The van der Waals surface area contributed by atoms with Crippen molar-refractivity contribution >= 4 is 11.6 Å². The Morgan fingerprint density at radius 3 is 2.95 bits per heavy atom. The molecular formula is C15H22ClNO2. The van der Waals surface area contributed by atoms with E-state index >= 15 is 0 Å². The molecule has 3 nitrogen and oxygen atoms in total. The van der Waals surface area contributed by atoms with Crippen LogP contribution in [-0.2, 0) is 4.74 Å². The highest BCUT2D eigenvalue weighted by Crippen LogP contribution is 2.16. The summed E-state index contributed by atoms with van der Waals surface area (Å²) in [5, 5.41) is 4.21. The predicted octanol–water partition coefficient (Wildman–Crippen LogP) is 3.27. The summed E-state index contributed by atoms with van der Waals surface area (Å²) in [4.78, 5) is 0. The highest BCUT2D eigenvalue weighted by atomic mass is 35.5. The Kier molecular flexibility index (Phi) is 6.48. The maximum absolute atomic E-state index is 5.88. The molecule has 0 spiro atoms. The molecule has 1 atom stereocenters. The third-order valence-corrected chi connectivity index (χ3v) is 3.55. The molecule has 1 heterocycles. The summed E-state index contributed by atoms with van der Waals surface area (Å²) in [6.07, 6.45) is 5.03. The van der Waals surface area contributed by atoms with E-state index in [9.17, 15) is 0 Å². The number of ether oxygens (including phenoxy) is 2. The molecule has 4 heteroatoms. The van der Waals surface area contributed by atoms with Gasteiger partial charge in [0.1, 0.15) is 12.4 Å². The van der Waals surface area contributed by atoms with Crippen molar-refractivity contribution in [1.29, 1.82) is 0 Å². The lowest BCUT2D eigenvalue weighted by molar-refractivity contribution is 0.0911. The molecule has 0 saturated carbocycles. The number of nitrogens with one attached hydrogen (secondary N) is 1. The first-order chi connectivity index (χ1) is 9.34. The molecule has 0 aromatic heterocycles. The van der Waals surface area contributed by atoms with Crippen LogP contribution in [0.4, 0.5) is 0 Å². The van der Waals surface area contributed by atoms with E-state index in [1.807, 2.05) is 24.3 Å². The summed E-state index contributed by atoms with van der Waals surface area (Å²) in [5.41, 5.74) is 0. The Labute approximate surface area is 120 Å². The maximum Gasteiger partial charge on any atom is 0.120 e. The van der Waals surface area contributed by atoms with Gasteiger partial charge in [0.2, 0.25) is 0 Å². The molecule has 1 saturated heterocycles. The van der Waals surface area contributed by atoms with Crippen molar-refractivity contribution in [2.24, 2.45) is 0 Å². The van der Waals surface area contributed by atoms with Crippen LogP contribution in [0.3, 0.4) is 0 Å². The van der Waals surface area contributed by atoms with Crippen molar-refractivity contribution in [2.75, 3.05) is 26.4 Å². The summed E-state index contributed by atoms with van der Waals surface area (Å²) >= 11 is 5.88. The van der Waals surface area contributed by atoms with E-state index in [1.54, 1.807) is 0 Å². The number of halogens is 1. The van der Waals surface area contributed by atoms with Crippen LogP contribution in [0.1, 0.15) is 25.7 Å². The van der Waals surface area contributed by atoms with Gasteiger partial charge in [0.05, 0.1) is 6.61 Å². The SMILES string of the molecule is Clc1cccc(OCCOCCC2CCCCN2)c1. The minimum Gasteiger partial charge on any atom is -0.491 e. The van der Waals surface area contributed by atoms with E-state index < -0.39 is 0 Å². The average molecular weight is 284 g/mol. The molecule has 2 rings (SSSR count). The number of piperidine rings is 1. The molecule has 106 valence electrons. The molecule has 1 N–H and O–H groups in total. The zero-order chi connectivity index (χ0) is 13.3. The lowest BCUT2D eigenvalue weighted by atomic mass is 10.0.